The van der Waals surface area contributed by atoms with Gasteiger partial charge in [-0.3, -0.25) is 4.98 Å². The number of nitrogens with one attached hydrogen (secondary N) is 1. The average molecular weight is 244 g/mol. The lowest BCUT2D eigenvalue weighted by molar-refractivity contribution is 0.397. The van der Waals surface area contributed by atoms with Gasteiger partial charge in [0.15, 0.2) is 0 Å². The predicted octanol–water partition coefficient (Wildman–Crippen LogP) is 2.11. The highest BCUT2D eigenvalue weighted by molar-refractivity contribution is 5.33. The number of hydrogen-bond donors (Lipinski definition) is 1. The van der Waals surface area contributed by atoms with E-state index in [1.165, 1.54) is 5.56 Å². The van der Waals surface area contributed by atoms with Crippen LogP contribution in [0.25, 0.3) is 0 Å². The maximum Gasteiger partial charge on any atom is 0.226 e. The predicted molar refractivity (Wildman–Crippen MR) is 69.6 cm³/mol. The lowest BCUT2D eigenvalue weighted by Crippen LogP contribution is -2.06. The van der Waals surface area contributed by atoms with Crippen molar-refractivity contribution in [3.8, 4) is 5.88 Å². The van der Waals surface area contributed by atoms with E-state index in [1.54, 1.807) is 19.4 Å². The molecule has 0 radical (unpaired) electrons. The second-order valence-corrected chi connectivity index (χ2v) is 4.03. The van der Waals surface area contributed by atoms with Gasteiger partial charge in [0.1, 0.15) is 0 Å². The topological polar surface area (TPSA) is 59.9 Å². The Morgan fingerprint density at radius 3 is 2.83 bits per heavy atom. The summed E-state index contributed by atoms with van der Waals surface area (Å²) >= 11 is 0. The first kappa shape index (κ1) is 12.3. The van der Waals surface area contributed by atoms with E-state index < -0.39 is 0 Å². The Morgan fingerprint density at radius 1 is 1.28 bits per heavy atom. The molecular weight excluding hydrogens is 228 g/mol. The zero-order valence-corrected chi connectivity index (χ0v) is 10.8. The van der Waals surface area contributed by atoms with Gasteiger partial charge in [-0.15, -0.1) is 0 Å². The molecule has 0 amide bonds. The molecule has 5 heteroatoms. The van der Waals surface area contributed by atoms with Crippen LogP contribution in [0.3, 0.4) is 0 Å². The van der Waals surface area contributed by atoms with E-state index in [-0.39, 0.29) is 0 Å². The molecule has 0 aliphatic rings. The molecule has 0 aliphatic heterocycles. The van der Waals surface area contributed by atoms with E-state index in [1.807, 2.05) is 19.2 Å². The fraction of sp³-hybridized carbons (Fsp3) is 0.308. The second-order valence-electron chi connectivity index (χ2n) is 4.03. The first-order valence-corrected chi connectivity index (χ1v) is 5.72. The molecule has 0 aromatic carbocycles. The summed E-state index contributed by atoms with van der Waals surface area (Å²) in [5.74, 6) is 1.13. The lowest BCUT2D eigenvalue weighted by atomic mass is 10.2. The molecule has 0 aliphatic carbocycles. The summed E-state index contributed by atoms with van der Waals surface area (Å²) in [6.45, 7) is 4.60. The minimum absolute atomic E-state index is 0.563. The molecule has 0 atom stereocenters. The largest absolute Gasteiger partial charge is 0.481 e. The van der Waals surface area contributed by atoms with E-state index in [0.29, 0.717) is 18.4 Å². The van der Waals surface area contributed by atoms with E-state index in [2.05, 4.69) is 27.2 Å². The highest BCUT2D eigenvalue weighted by Gasteiger charge is 2.03. The smallest absolute Gasteiger partial charge is 0.226 e. The maximum absolute atomic E-state index is 5.11. The van der Waals surface area contributed by atoms with Crippen molar-refractivity contribution in [2.75, 3.05) is 12.4 Å². The van der Waals surface area contributed by atoms with Crippen LogP contribution in [0.5, 0.6) is 5.88 Å². The molecule has 94 valence electrons. The van der Waals surface area contributed by atoms with Crippen molar-refractivity contribution in [3.63, 3.8) is 0 Å². The highest BCUT2D eigenvalue weighted by Crippen LogP contribution is 2.13. The molecule has 0 saturated heterocycles. The van der Waals surface area contributed by atoms with E-state index in [4.69, 9.17) is 4.74 Å². The molecule has 0 spiro atoms. The molecule has 2 aromatic rings. The Kier molecular flexibility index (Phi) is 3.72. The summed E-state index contributed by atoms with van der Waals surface area (Å²) in [6, 6.07) is 3.77. The average Bonchev–Trinajstić information content (AvgIpc) is 2.37. The molecule has 5 nitrogen and oxygen atoms in total. The van der Waals surface area contributed by atoms with Crippen molar-refractivity contribution in [3.05, 3.63) is 41.3 Å². The third kappa shape index (κ3) is 2.94. The van der Waals surface area contributed by atoms with Gasteiger partial charge in [-0.2, -0.15) is 4.98 Å². The number of pyridine rings is 1. The van der Waals surface area contributed by atoms with E-state index in [9.17, 15) is 0 Å². The van der Waals surface area contributed by atoms with E-state index >= 15 is 0 Å². The molecule has 2 rings (SSSR count). The summed E-state index contributed by atoms with van der Waals surface area (Å²) in [7, 11) is 1.59. The number of aromatic nitrogens is 3. The van der Waals surface area contributed by atoms with Crippen LogP contribution in [0.1, 0.15) is 16.8 Å². The van der Waals surface area contributed by atoms with Crippen molar-refractivity contribution in [1.29, 1.82) is 0 Å². The van der Waals surface area contributed by atoms with Gasteiger partial charge >= 0.3 is 0 Å². The number of nitrogens with zero attached hydrogens (tertiary/aromatic N) is 3. The molecule has 1 N–H and O–H groups in total. The van der Waals surface area contributed by atoms with Gasteiger partial charge in [0, 0.05) is 30.7 Å². The fourth-order valence-corrected chi connectivity index (χ4v) is 1.58. The highest BCUT2D eigenvalue weighted by atomic mass is 16.5. The van der Waals surface area contributed by atoms with Gasteiger partial charge in [-0.05, 0) is 31.0 Å². The molecule has 18 heavy (non-hydrogen) atoms. The van der Waals surface area contributed by atoms with Crippen LogP contribution < -0.4 is 10.1 Å². The number of aryl methyl sites for hydroxylation is 2. The molecule has 2 heterocycles. The Balaban J connectivity index is 2.11. The van der Waals surface area contributed by atoms with Crippen molar-refractivity contribution in [2.24, 2.45) is 0 Å². The van der Waals surface area contributed by atoms with Crippen molar-refractivity contribution >= 4 is 5.95 Å². The third-order valence-corrected chi connectivity index (χ3v) is 2.62. The molecule has 0 bridgehead atoms. The fourth-order valence-electron chi connectivity index (χ4n) is 1.58. The van der Waals surface area contributed by atoms with Crippen molar-refractivity contribution < 1.29 is 4.74 Å². The minimum Gasteiger partial charge on any atom is -0.481 e. The quantitative estimate of drug-likeness (QED) is 0.892. The second kappa shape index (κ2) is 5.44. The van der Waals surface area contributed by atoms with Crippen LogP contribution in [0.15, 0.2) is 24.5 Å². The zero-order valence-electron chi connectivity index (χ0n) is 10.8. The monoisotopic (exact) mass is 244 g/mol. The van der Waals surface area contributed by atoms with Gasteiger partial charge in [0.25, 0.3) is 0 Å². The number of methoxy groups -OCH3 is 1. The van der Waals surface area contributed by atoms with Crippen LogP contribution in [-0.2, 0) is 6.54 Å². The summed E-state index contributed by atoms with van der Waals surface area (Å²) in [5, 5.41) is 3.18. The van der Waals surface area contributed by atoms with E-state index in [0.717, 1.165) is 11.3 Å². The molecular formula is C13H16N4O. The van der Waals surface area contributed by atoms with Gasteiger partial charge < -0.3 is 10.1 Å². The first-order chi connectivity index (χ1) is 8.69. The number of anilines is 1. The molecule has 0 unspecified atom stereocenters. The third-order valence-electron chi connectivity index (χ3n) is 2.62. The summed E-state index contributed by atoms with van der Waals surface area (Å²) in [5.41, 5.74) is 3.19. The zero-order chi connectivity index (χ0) is 13.0. The van der Waals surface area contributed by atoms with Crippen LogP contribution in [0.2, 0.25) is 0 Å². The number of hydrogen-bond acceptors (Lipinski definition) is 5. The number of rotatable bonds is 4. The first-order valence-electron chi connectivity index (χ1n) is 5.72. The summed E-state index contributed by atoms with van der Waals surface area (Å²) < 4.78 is 5.11. The standard InChI is InChI=1S/C13H16N4O/c1-9-4-5-14-7-11(9)8-15-13-16-10(2)6-12(17-13)18-3/h4-7H,8H2,1-3H3,(H,15,16,17). The van der Waals surface area contributed by atoms with Gasteiger partial charge in [-0.25, -0.2) is 4.98 Å². The maximum atomic E-state index is 5.11. The van der Waals surface area contributed by atoms with Crippen molar-refractivity contribution in [2.45, 2.75) is 20.4 Å². The SMILES string of the molecule is COc1cc(C)nc(NCc2cnccc2C)n1. The normalized spacial score (nSPS) is 10.2. The lowest BCUT2D eigenvalue weighted by Gasteiger charge is -2.08. The van der Waals surface area contributed by atoms with Gasteiger partial charge in [0.2, 0.25) is 11.8 Å². The Labute approximate surface area is 106 Å². The summed E-state index contributed by atoms with van der Waals surface area (Å²) in [6.07, 6.45) is 3.63. The number of ether oxygens (including phenoxy) is 1. The van der Waals surface area contributed by atoms with Gasteiger partial charge in [0.05, 0.1) is 7.11 Å². The Bertz CT molecular complexity index is 542. The van der Waals surface area contributed by atoms with Crippen LogP contribution in [0, 0.1) is 13.8 Å². The molecule has 0 fully saturated rings. The van der Waals surface area contributed by atoms with Crippen LogP contribution in [0.4, 0.5) is 5.95 Å². The van der Waals surface area contributed by atoms with Crippen LogP contribution >= 0.6 is 0 Å². The molecule has 2 aromatic heterocycles. The van der Waals surface area contributed by atoms with Gasteiger partial charge in [-0.1, -0.05) is 0 Å². The minimum atomic E-state index is 0.563. The Hall–Kier alpha value is -2.17. The summed E-state index contributed by atoms with van der Waals surface area (Å²) in [4.78, 5) is 12.6. The van der Waals surface area contributed by atoms with Crippen LogP contribution in [-0.4, -0.2) is 22.1 Å². The van der Waals surface area contributed by atoms with Crippen molar-refractivity contribution in [1.82, 2.24) is 15.0 Å². The Morgan fingerprint density at radius 2 is 2.11 bits per heavy atom. The molecule has 0 saturated carbocycles.